The van der Waals surface area contributed by atoms with Gasteiger partial charge in [-0.25, -0.2) is 0 Å². The number of nitrogens with one attached hydrogen (secondary N) is 1. The normalized spacial score (nSPS) is 15.0. The van der Waals surface area contributed by atoms with Crippen molar-refractivity contribution in [1.82, 2.24) is 5.32 Å². The smallest absolute Gasteiger partial charge is 0.252 e. The third-order valence-corrected chi connectivity index (χ3v) is 4.17. The average Bonchev–Trinajstić information content (AvgIpc) is 3.09. The predicted molar refractivity (Wildman–Crippen MR) is 87.0 cm³/mol. The van der Waals surface area contributed by atoms with Crippen LogP contribution in [-0.4, -0.2) is 24.7 Å². The van der Waals surface area contributed by atoms with Crippen LogP contribution in [0.4, 0.5) is 0 Å². The Morgan fingerprint density at radius 2 is 2.27 bits per heavy atom. The van der Waals surface area contributed by atoms with E-state index in [1.54, 1.807) is 6.07 Å². The molecule has 1 amide bonds. The van der Waals surface area contributed by atoms with Crippen LogP contribution in [0.5, 0.6) is 11.5 Å². The molecule has 1 N–H and O–H groups in total. The summed E-state index contributed by atoms with van der Waals surface area (Å²) in [5, 5.41) is 6.56. The average molecular weight is 317 g/mol. The number of carbonyl (C=O) groups excluding carboxylic acids is 1. The van der Waals surface area contributed by atoms with Crippen molar-refractivity contribution in [3.8, 4) is 11.5 Å². The van der Waals surface area contributed by atoms with Gasteiger partial charge in [0.05, 0.1) is 6.54 Å². The fourth-order valence-corrected chi connectivity index (χ4v) is 3.16. The van der Waals surface area contributed by atoms with Gasteiger partial charge in [0.2, 0.25) is 0 Å². The van der Waals surface area contributed by atoms with Crippen molar-refractivity contribution < 1.29 is 14.3 Å². The summed E-state index contributed by atoms with van der Waals surface area (Å²) >= 11 is 1.51. The first kappa shape index (κ1) is 14.9. The number of benzene rings is 1. The molecule has 1 aliphatic heterocycles. The highest BCUT2D eigenvalue weighted by molar-refractivity contribution is 7.08. The Morgan fingerprint density at radius 1 is 1.41 bits per heavy atom. The van der Waals surface area contributed by atoms with Gasteiger partial charge >= 0.3 is 0 Å². The number of ether oxygens (including phenoxy) is 2. The van der Waals surface area contributed by atoms with Crippen LogP contribution >= 0.6 is 11.3 Å². The van der Waals surface area contributed by atoms with E-state index in [0.717, 1.165) is 17.9 Å². The van der Waals surface area contributed by atoms with Gasteiger partial charge in [0, 0.05) is 22.9 Å². The largest absolute Gasteiger partial charge is 0.488 e. The highest BCUT2D eigenvalue weighted by atomic mass is 32.1. The summed E-state index contributed by atoms with van der Waals surface area (Å²) in [6, 6.07) is 7.75. The second kappa shape index (κ2) is 6.01. The van der Waals surface area contributed by atoms with E-state index >= 15 is 0 Å². The number of hydrogen-bond donors (Lipinski definition) is 1. The summed E-state index contributed by atoms with van der Waals surface area (Å²) in [4.78, 5) is 11.8. The van der Waals surface area contributed by atoms with Crippen molar-refractivity contribution in [2.75, 3.05) is 13.2 Å². The molecule has 0 radical (unpaired) electrons. The van der Waals surface area contributed by atoms with Crippen molar-refractivity contribution in [3.05, 3.63) is 46.2 Å². The molecule has 0 atom stereocenters. The first-order valence-electron chi connectivity index (χ1n) is 7.29. The van der Waals surface area contributed by atoms with Crippen molar-refractivity contribution >= 4 is 17.2 Å². The lowest BCUT2D eigenvalue weighted by Gasteiger charge is -2.18. The number of hydrogen-bond acceptors (Lipinski definition) is 4. The maximum Gasteiger partial charge on any atom is 0.252 e. The molecular weight excluding hydrogens is 298 g/mol. The van der Waals surface area contributed by atoms with Gasteiger partial charge < -0.3 is 14.8 Å². The van der Waals surface area contributed by atoms with Crippen molar-refractivity contribution in [1.29, 1.82) is 0 Å². The summed E-state index contributed by atoms with van der Waals surface area (Å²) in [6.07, 6.45) is 0.883. The first-order chi connectivity index (χ1) is 10.6. The first-order valence-corrected chi connectivity index (χ1v) is 8.23. The third kappa shape index (κ3) is 3.25. The minimum Gasteiger partial charge on any atom is -0.488 e. The fourth-order valence-electron chi connectivity index (χ4n) is 2.52. The molecule has 22 heavy (non-hydrogen) atoms. The molecule has 2 aromatic rings. The minimum absolute atomic E-state index is 0.0690. The summed E-state index contributed by atoms with van der Waals surface area (Å²) in [6.45, 7) is 5.01. The zero-order chi connectivity index (χ0) is 15.6. The number of fused-ring (bicyclic) bond motifs is 1. The van der Waals surface area contributed by atoms with Crippen LogP contribution in [0.15, 0.2) is 35.0 Å². The molecule has 0 spiro atoms. The van der Waals surface area contributed by atoms with E-state index in [1.807, 2.05) is 22.9 Å². The van der Waals surface area contributed by atoms with Crippen LogP contribution in [0.25, 0.3) is 0 Å². The number of rotatable bonds is 5. The molecule has 0 saturated carbocycles. The lowest BCUT2D eigenvalue weighted by atomic mass is 10.0. The highest BCUT2D eigenvalue weighted by Gasteiger charge is 2.32. The standard InChI is InChI=1S/C17H19NO3S/c1-17(2)10-12-4-3-5-14(15(12)21-17)20-8-7-18-16(19)13-6-9-22-11-13/h3-6,9,11H,7-8,10H2,1-2H3,(H,18,19). The molecule has 0 aliphatic carbocycles. The molecule has 116 valence electrons. The van der Waals surface area contributed by atoms with E-state index in [0.29, 0.717) is 18.7 Å². The third-order valence-electron chi connectivity index (χ3n) is 3.48. The molecule has 1 aromatic carbocycles. The van der Waals surface area contributed by atoms with E-state index in [4.69, 9.17) is 9.47 Å². The van der Waals surface area contributed by atoms with Crippen molar-refractivity contribution in [2.45, 2.75) is 25.9 Å². The van der Waals surface area contributed by atoms with Crippen LogP contribution in [0, 0.1) is 0 Å². The van der Waals surface area contributed by atoms with E-state index < -0.39 is 0 Å². The quantitative estimate of drug-likeness (QED) is 0.861. The SMILES string of the molecule is CC1(C)Cc2cccc(OCCNC(=O)c3ccsc3)c2O1. The minimum atomic E-state index is -0.186. The van der Waals surface area contributed by atoms with E-state index in [9.17, 15) is 4.79 Å². The van der Waals surface area contributed by atoms with Crippen molar-refractivity contribution in [2.24, 2.45) is 0 Å². The van der Waals surface area contributed by atoms with Gasteiger partial charge in [0.15, 0.2) is 11.5 Å². The predicted octanol–water partition coefficient (Wildman–Crippen LogP) is 3.27. The lowest BCUT2D eigenvalue weighted by molar-refractivity contribution is 0.0946. The maximum absolute atomic E-state index is 11.8. The second-order valence-electron chi connectivity index (χ2n) is 5.90. The monoisotopic (exact) mass is 317 g/mol. The van der Waals surface area contributed by atoms with Gasteiger partial charge in [0.25, 0.3) is 5.91 Å². The molecule has 0 unspecified atom stereocenters. The van der Waals surface area contributed by atoms with E-state index in [2.05, 4.69) is 25.2 Å². The van der Waals surface area contributed by atoms with E-state index in [-0.39, 0.29) is 11.5 Å². The topological polar surface area (TPSA) is 47.6 Å². The molecule has 0 bridgehead atoms. The molecule has 5 heteroatoms. The Bertz CT molecular complexity index is 665. The molecular formula is C17H19NO3S. The summed E-state index contributed by atoms with van der Waals surface area (Å²) in [7, 11) is 0. The second-order valence-corrected chi connectivity index (χ2v) is 6.68. The Balaban J connectivity index is 1.53. The van der Waals surface area contributed by atoms with E-state index in [1.165, 1.54) is 16.9 Å². The molecule has 4 nitrogen and oxygen atoms in total. The van der Waals surface area contributed by atoms with Crippen molar-refractivity contribution in [3.63, 3.8) is 0 Å². The lowest BCUT2D eigenvalue weighted by Crippen LogP contribution is -2.28. The molecule has 0 fully saturated rings. The number of amides is 1. The maximum atomic E-state index is 11.8. The molecule has 2 heterocycles. The van der Waals surface area contributed by atoms with Crippen LogP contribution in [0.2, 0.25) is 0 Å². The van der Waals surface area contributed by atoms with Gasteiger partial charge in [0.1, 0.15) is 12.2 Å². The van der Waals surface area contributed by atoms with Crippen LogP contribution in [0.3, 0.4) is 0 Å². The number of carbonyl (C=O) groups is 1. The number of thiophene rings is 1. The molecule has 1 aliphatic rings. The molecule has 0 saturated heterocycles. The van der Waals surface area contributed by atoms with Gasteiger partial charge in [-0.2, -0.15) is 11.3 Å². The van der Waals surface area contributed by atoms with Crippen LogP contribution < -0.4 is 14.8 Å². The Hall–Kier alpha value is -2.01. The molecule has 1 aromatic heterocycles. The van der Waals surface area contributed by atoms with Gasteiger partial charge in [-0.05, 0) is 31.4 Å². The van der Waals surface area contributed by atoms with Gasteiger partial charge in [-0.1, -0.05) is 12.1 Å². The zero-order valence-corrected chi connectivity index (χ0v) is 13.5. The Kier molecular flexibility index (Phi) is 4.07. The Labute approximate surface area is 134 Å². The van der Waals surface area contributed by atoms with Gasteiger partial charge in [-0.15, -0.1) is 0 Å². The molecule has 3 rings (SSSR count). The van der Waals surface area contributed by atoms with Gasteiger partial charge in [-0.3, -0.25) is 4.79 Å². The Morgan fingerprint density at radius 3 is 3.05 bits per heavy atom. The zero-order valence-electron chi connectivity index (χ0n) is 12.7. The number of para-hydroxylation sites is 1. The fraction of sp³-hybridized carbons (Fsp3) is 0.353. The van der Waals surface area contributed by atoms with Crippen LogP contribution in [-0.2, 0) is 6.42 Å². The summed E-state index contributed by atoms with van der Waals surface area (Å²) in [5.41, 5.74) is 1.68. The summed E-state index contributed by atoms with van der Waals surface area (Å²) < 4.78 is 11.7. The van der Waals surface area contributed by atoms with Crippen LogP contribution in [0.1, 0.15) is 29.8 Å². The summed E-state index contributed by atoms with van der Waals surface area (Å²) in [5.74, 6) is 1.50. The highest BCUT2D eigenvalue weighted by Crippen LogP contribution is 2.41.